The molecular formula is C14H22N2. The zero-order chi connectivity index (χ0) is 11.5. The van der Waals surface area contributed by atoms with Crippen LogP contribution in [-0.2, 0) is 0 Å². The van der Waals surface area contributed by atoms with Crippen LogP contribution in [0, 0.1) is 12.8 Å². The van der Waals surface area contributed by atoms with Crippen LogP contribution in [0.25, 0.3) is 0 Å². The number of nitrogens with one attached hydrogen (secondary N) is 1. The van der Waals surface area contributed by atoms with E-state index >= 15 is 0 Å². The van der Waals surface area contributed by atoms with Crippen LogP contribution in [0.1, 0.15) is 36.9 Å². The number of hydrogen-bond donors (Lipinski definition) is 2. The summed E-state index contributed by atoms with van der Waals surface area (Å²) in [5.41, 5.74) is 8.66. The van der Waals surface area contributed by atoms with Crippen molar-refractivity contribution in [3.8, 4) is 0 Å². The molecule has 1 aliphatic carbocycles. The molecule has 2 heteroatoms. The molecule has 1 fully saturated rings. The first-order valence-electron chi connectivity index (χ1n) is 6.20. The van der Waals surface area contributed by atoms with Gasteiger partial charge in [0.1, 0.15) is 0 Å². The Labute approximate surface area is 98.2 Å². The first kappa shape index (κ1) is 11.6. The third-order valence-corrected chi connectivity index (χ3v) is 3.51. The van der Waals surface area contributed by atoms with Gasteiger partial charge >= 0.3 is 0 Å². The molecule has 0 spiro atoms. The topological polar surface area (TPSA) is 38.0 Å². The van der Waals surface area contributed by atoms with Crippen LogP contribution in [0.3, 0.4) is 0 Å². The molecule has 1 aromatic carbocycles. The molecule has 1 atom stereocenters. The highest BCUT2D eigenvalue weighted by Gasteiger charge is 2.24. The van der Waals surface area contributed by atoms with Gasteiger partial charge in [-0.05, 0) is 31.2 Å². The van der Waals surface area contributed by atoms with Gasteiger partial charge in [0.05, 0.1) is 0 Å². The van der Waals surface area contributed by atoms with E-state index in [1.807, 2.05) is 0 Å². The Morgan fingerprint density at radius 2 is 1.94 bits per heavy atom. The number of hydrogen-bond acceptors (Lipinski definition) is 2. The average Bonchev–Trinajstić information content (AvgIpc) is 2.23. The minimum absolute atomic E-state index is 0.122. The van der Waals surface area contributed by atoms with E-state index in [0.717, 1.165) is 12.5 Å². The summed E-state index contributed by atoms with van der Waals surface area (Å²) in [5.74, 6) is 0.896. The number of nitrogens with two attached hydrogens (primary N) is 1. The lowest BCUT2D eigenvalue weighted by Crippen LogP contribution is -2.43. The molecule has 16 heavy (non-hydrogen) atoms. The molecule has 88 valence electrons. The highest BCUT2D eigenvalue weighted by Crippen LogP contribution is 2.26. The molecule has 1 saturated carbocycles. The van der Waals surface area contributed by atoms with Gasteiger partial charge in [0, 0.05) is 18.6 Å². The van der Waals surface area contributed by atoms with Crippen molar-refractivity contribution in [3.05, 3.63) is 35.4 Å². The van der Waals surface area contributed by atoms with E-state index in [2.05, 4.69) is 43.4 Å². The van der Waals surface area contributed by atoms with Gasteiger partial charge < -0.3 is 11.1 Å². The van der Waals surface area contributed by atoms with Crippen LogP contribution >= 0.6 is 0 Å². The summed E-state index contributed by atoms with van der Waals surface area (Å²) < 4.78 is 0. The van der Waals surface area contributed by atoms with Gasteiger partial charge in [0.25, 0.3) is 0 Å². The molecule has 0 aromatic heterocycles. The first-order valence-corrected chi connectivity index (χ1v) is 6.20. The molecule has 0 heterocycles. The Bertz CT molecular complexity index is 325. The standard InChI is InChI=1S/C14H22N2/c1-10-3-5-12(6-4-10)14(15)9-16-13-7-11(2)8-13/h3-6,11,13-14,16H,7-9,15H2,1-2H3. The maximum absolute atomic E-state index is 6.14. The fourth-order valence-corrected chi connectivity index (χ4v) is 2.29. The Balaban J connectivity index is 1.79. The molecule has 0 radical (unpaired) electrons. The summed E-state index contributed by atoms with van der Waals surface area (Å²) in [4.78, 5) is 0. The van der Waals surface area contributed by atoms with Gasteiger partial charge in [-0.25, -0.2) is 0 Å². The number of rotatable bonds is 4. The Morgan fingerprint density at radius 1 is 1.31 bits per heavy atom. The Hall–Kier alpha value is -0.860. The van der Waals surface area contributed by atoms with E-state index in [1.165, 1.54) is 24.0 Å². The molecule has 0 amide bonds. The van der Waals surface area contributed by atoms with E-state index in [1.54, 1.807) is 0 Å². The average molecular weight is 218 g/mol. The quantitative estimate of drug-likeness (QED) is 0.814. The van der Waals surface area contributed by atoms with Gasteiger partial charge in [-0.1, -0.05) is 36.8 Å². The van der Waals surface area contributed by atoms with E-state index < -0.39 is 0 Å². The van der Waals surface area contributed by atoms with Gasteiger partial charge in [-0.3, -0.25) is 0 Å². The van der Waals surface area contributed by atoms with E-state index in [4.69, 9.17) is 5.73 Å². The lowest BCUT2D eigenvalue weighted by Gasteiger charge is -2.34. The van der Waals surface area contributed by atoms with Crippen LogP contribution in [0.4, 0.5) is 0 Å². The maximum atomic E-state index is 6.14. The van der Waals surface area contributed by atoms with Crippen LogP contribution in [0.5, 0.6) is 0 Å². The molecular weight excluding hydrogens is 196 g/mol. The summed E-state index contributed by atoms with van der Waals surface area (Å²) in [6.45, 7) is 5.29. The molecule has 3 N–H and O–H groups in total. The fraction of sp³-hybridized carbons (Fsp3) is 0.571. The number of aryl methyl sites for hydroxylation is 1. The monoisotopic (exact) mass is 218 g/mol. The third-order valence-electron chi connectivity index (χ3n) is 3.51. The predicted molar refractivity (Wildman–Crippen MR) is 68.3 cm³/mol. The SMILES string of the molecule is Cc1ccc(C(N)CNC2CC(C)C2)cc1. The molecule has 0 saturated heterocycles. The smallest absolute Gasteiger partial charge is 0.0421 e. The summed E-state index contributed by atoms with van der Waals surface area (Å²) in [6.07, 6.45) is 2.61. The van der Waals surface area contributed by atoms with Crippen molar-refractivity contribution in [3.63, 3.8) is 0 Å². The maximum Gasteiger partial charge on any atom is 0.0421 e. The van der Waals surface area contributed by atoms with E-state index in [9.17, 15) is 0 Å². The van der Waals surface area contributed by atoms with Crippen LogP contribution < -0.4 is 11.1 Å². The predicted octanol–water partition coefficient (Wildman–Crippen LogP) is 2.38. The van der Waals surface area contributed by atoms with E-state index in [-0.39, 0.29) is 6.04 Å². The van der Waals surface area contributed by atoms with Crippen molar-refractivity contribution in [2.75, 3.05) is 6.54 Å². The molecule has 1 aliphatic rings. The number of benzene rings is 1. The summed E-state index contributed by atoms with van der Waals surface area (Å²) >= 11 is 0. The van der Waals surface area contributed by atoms with E-state index in [0.29, 0.717) is 6.04 Å². The molecule has 0 bridgehead atoms. The van der Waals surface area contributed by atoms with Gasteiger partial charge in [0.15, 0.2) is 0 Å². The van der Waals surface area contributed by atoms with Crippen LogP contribution in [-0.4, -0.2) is 12.6 Å². The zero-order valence-electron chi connectivity index (χ0n) is 10.2. The van der Waals surface area contributed by atoms with Crippen molar-refractivity contribution in [1.82, 2.24) is 5.32 Å². The second-order valence-corrected chi connectivity index (χ2v) is 5.20. The summed E-state index contributed by atoms with van der Waals surface area (Å²) in [5, 5.41) is 3.54. The van der Waals surface area contributed by atoms with Crippen molar-refractivity contribution in [2.24, 2.45) is 11.7 Å². The zero-order valence-corrected chi connectivity index (χ0v) is 10.2. The normalized spacial score (nSPS) is 26.2. The highest BCUT2D eigenvalue weighted by atomic mass is 15.0. The van der Waals surface area contributed by atoms with Crippen molar-refractivity contribution >= 4 is 0 Å². The Kier molecular flexibility index (Phi) is 3.62. The van der Waals surface area contributed by atoms with Gasteiger partial charge in [-0.2, -0.15) is 0 Å². The molecule has 2 rings (SSSR count). The molecule has 2 nitrogen and oxygen atoms in total. The fourth-order valence-electron chi connectivity index (χ4n) is 2.29. The second kappa shape index (κ2) is 4.98. The van der Waals surface area contributed by atoms with Crippen LogP contribution in [0.15, 0.2) is 24.3 Å². The lowest BCUT2D eigenvalue weighted by molar-refractivity contribution is 0.239. The minimum Gasteiger partial charge on any atom is -0.323 e. The summed E-state index contributed by atoms with van der Waals surface area (Å²) in [6, 6.07) is 9.33. The van der Waals surface area contributed by atoms with Crippen molar-refractivity contribution in [2.45, 2.75) is 38.8 Å². The third kappa shape index (κ3) is 2.83. The van der Waals surface area contributed by atoms with Gasteiger partial charge in [-0.15, -0.1) is 0 Å². The lowest BCUT2D eigenvalue weighted by atomic mass is 9.82. The molecule has 1 unspecified atom stereocenters. The first-order chi connectivity index (χ1) is 7.65. The van der Waals surface area contributed by atoms with Crippen molar-refractivity contribution < 1.29 is 0 Å². The molecule has 1 aromatic rings. The highest BCUT2D eigenvalue weighted by molar-refractivity contribution is 5.24. The van der Waals surface area contributed by atoms with Crippen LogP contribution in [0.2, 0.25) is 0 Å². The minimum atomic E-state index is 0.122. The largest absolute Gasteiger partial charge is 0.323 e. The summed E-state index contributed by atoms with van der Waals surface area (Å²) in [7, 11) is 0. The second-order valence-electron chi connectivity index (χ2n) is 5.20. The van der Waals surface area contributed by atoms with Crippen molar-refractivity contribution in [1.29, 1.82) is 0 Å². The Morgan fingerprint density at radius 3 is 2.50 bits per heavy atom. The molecule has 0 aliphatic heterocycles. The van der Waals surface area contributed by atoms with Gasteiger partial charge in [0.2, 0.25) is 0 Å².